The van der Waals surface area contributed by atoms with Gasteiger partial charge in [0.05, 0.1) is 10.9 Å². The summed E-state index contributed by atoms with van der Waals surface area (Å²) in [7, 11) is 0. The van der Waals surface area contributed by atoms with Gasteiger partial charge in [-0.3, -0.25) is 19.5 Å². The van der Waals surface area contributed by atoms with Crippen LogP contribution in [0.25, 0.3) is 0 Å². The average Bonchev–Trinajstić information content (AvgIpc) is 2.99. The van der Waals surface area contributed by atoms with Gasteiger partial charge in [0.2, 0.25) is 5.91 Å². The molecule has 0 aromatic heterocycles. The molecule has 0 spiro atoms. The third kappa shape index (κ3) is 4.51. The molecule has 0 fully saturated rings. The van der Waals surface area contributed by atoms with Crippen LogP contribution in [-0.2, 0) is 9.59 Å². The van der Waals surface area contributed by atoms with Gasteiger partial charge in [0.25, 0.3) is 5.91 Å². The fraction of sp³-hybridized carbons (Fsp3) is 0.250. The summed E-state index contributed by atoms with van der Waals surface area (Å²) >= 11 is 7.28. The first-order valence-corrected chi connectivity index (χ1v) is 9.78. The van der Waals surface area contributed by atoms with Crippen molar-refractivity contribution in [1.82, 2.24) is 0 Å². The molecular weight excluding hydrogens is 382 g/mol. The number of carbonyl (C=O) groups excluding carboxylic acids is 2. The van der Waals surface area contributed by atoms with Crippen LogP contribution in [0.3, 0.4) is 0 Å². The number of nitrogens with zero attached hydrogens (tertiary/aromatic N) is 2. The minimum atomic E-state index is -0.430. The number of nitrogens with one attached hydrogen (secondary N) is 1. The molecule has 2 amide bonds. The number of hydrogen-bond donors (Lipinski definition) is 1. The van der Waals surface area contributed by atoms with Gasteiger partial charge >= 0.3 is 0 Å². The number of rotatable bonds is 4. The molecule has 1 heterocycles. The number of carbonyl (C=O) groups is 2. The Kier molecular flexibility index (Phi) is 5.87. The summed E-state index contributed by atoms with van der Waals surface area (Å²) in [5.41, 5.74) is 3.48. The molecule has 0 unspecified atom stereocenters. The van der Waals surface area contributed by atoms with Gasteiger partial charge in [-0.2, -0.15) is 0 Å². The molecule has 1 N–H and O–H groups in total. The Balaban J connectivity index is 1.71. The third-order valence-electron chi connectivity index (χ3n) is 4.19. The maximum absolute atomic E-state index is 12.6. The monoisotopic (exact) mass is 401 g/mol. The van der Waals surface area contributed by atoms with E-state index in [-0.39, 0.29) is 18.4 Å². The van der Waals surface area contributed by atoms with Crippen LogP contribution in [0.5, 0.6) is 0 Å². The van der Waals surface area contributed by atoms with Crippen molar-refractivity contribution in [3.8, 4) is 0 Å². The minimum absolute atomic E-state index is 0.0952. The molecule has 0 saturated heterocycles. The van der Waals surface area contributed by atoms with Crippen molar-refractivity contribution in [1.29, 1.82) is 0 Å². The molecule has 1 aliphatic rings. The number of amidine groups is 1. The standard InChI is InChI=1S/C20H20ClN3O2S/c1-12-4-8-16(9-5-12)24-18(25)11-22-20(24)27-14(3)19(26)23-17-10-15(21)7-6-13(17)2/h4-10,14H,11H2,1-3H3,(H,23,26)/t14-/m0/s1. The van der Waals surface area contributed by atoms with E-state index in [9.17, 15) is 9.59 Å². The summed E-state index contributed by atoms with van der Waals surface area (Å²) < 4.78 is 0. The van der Waals surface area contributed by atoms with Gasteiger partial charge in [0, 0.05) is 10.7 Å². The van der Waals surface area contributed by atoms with Crippen LogP contribution >= 0.6 is 23.4 Å². The summed E-state index contributed by atoms with van der Waals surface area (Å²) in [6, 6.07) is 13.0. The minimum Gasteiger partial charge on any atom is -0.325 e. The second-order valence-corrected chi connectivity index (χ2v) is 8.12. The highest BCUT2D eigenvalue weighted by molar-refractivity contribution is 8.15. The molecular formula is C20H20ClN3O2S. The molecule has 5 nitrogen and oxygen atoms in total. The molecule has 3 rings (SSSR count). The summed E-state index contributed by atoms with van der Waals surface area (Å²) in [5.74, 6) is -0.268. The largest absolute Gasteiger partial charge is 0.325 e. The molecule has 0 aliphatic carbocycles. The fourth-order valence-electron chi connectivity index (χ4n) is 2.60. The normalized spacial score (nSPS) is 14.9. The van der Waals surface area contributed by atoms with Crippen molar-refractivity contribution in [3.63, 3.8) is 0 Å². The molecule has 1 aliphatic heterocycles. The Morgan fingerprint density at radius 1 is 1.22 bits per heavy atom. The predicted molar refractivity (Wildman–Crippen MR) is 113 cm³/mol. The number of aliphatic imine (C=N–C) groups is 1. The number of halogens is 1. The molecule has 27 heavy (non-hydrogen) atoms. The van der Waals surface area contributed by atoms with Crippen molar-refractivity contribution in [3.05, 3.63) is 58.6 Å². The lowest BCUT2D eigenvalue weighted by molar-refractivity contribution is -0.116. The molecule has 1 atom stereocenters. The first kappa shape index (κ1) is 19.5. The number of aryl methyl sites for hydroxylation is 2. The number of benzene rings is 2. The average molecular weight is 402 g/mol. The topological polar surface area (TPSA) is 61.8 Å². The molecule has 2 aromatic rings. The van der Waals surface area contributed by atoms with Crippen LogP contribution in [0.4, 0.5) is 11.4 Å². The highest BCUT2D eigenvalue weighted by Crippen LogP contribution is 2.28. The number of thioether (sulfide) groups is 1. The van der Waals surface area contributed by atoms with Crippen LogP contribution in [0.2, 0.25) is 5.02 Å². The lowest BCUT2D eigenvalue weighted by Crippen LogP contribution is -2.33. The van der Waals surface area contributed by atoms with Gasteiger partial charge in [0.15, 0.2) is 5.17 Å². The van der Waals surface area contributed by atoms with E-state index in [1.807, 2.05) is 44.2 Å². The first-order valence-electron chi connectivity index (χ1n) is 8.53. The van der Waals surface area contributed by atoms with E-state index in [0.29, 0.717) is 15.9 Å². The van der Waals surface area contributed by atoms with Crippen molar-refractivity contribution in [2.45, 2.75) is 26.0 Å². The Hall–Kier alpha value is -2.31. The summed E-state index contributed by atoms with van der Waals surface area (Å²) in [6.45, 7) is 5.78. The van der Waals surface area contributed by atoms with Crippen LogP contribution < -0.4 is 10.2 Å². The quantitative estimate of drug-likeness (QED) is 0.824. The van der Waals surface area contributed by atoms with E-state index in [4.69, 9.17) is 11.6 Å². The van der Waals surface area contributed by atoms with E-state index < -0.39 is 5.25 Å². The van der Waals surface area contributed by atoms with Crippen molar-refractivity contribution >= 4 is 51.7 Å². The van der Waals surface area contributed by atoms with Gasteiger partial charge in [-0.05, 0) is 50.6 Å². The highest BCUT2D eigenvalue weighted by atomic mass is 35.5. The lowest BCUT2D eigenvalue weighted by atomic mass is 10.2. The van der Waals surface area contributed by atoms with Gasteiger partial charge in [-0.1, -0.05) is 47.1 Å². The van der Waals surface area contributed by atoms with Gasteiger partial charge in [0.1, 0.15) is 6.54 Å². The van der Waals surface area contributed by atoms with E-state index in [1.54, 1.807) is 24.0 Å². The zero-order valence-corrected chi connectivity index (χ0v) is 16.9. The zero-order chi connectivity index (χ0) is 19.6. The maximum Gasteiger partial charge on any atom is 0.254 e. The Morgan fingerprint density at radius 2 is 1.93 bits per heavy atom. The number of anilines is 2. The van der Waals surface area contributed by atoms with Crippen LogP contribution in [0, 0.1) is 13.8 Å². The van der Waals surface area contributed by atoms with Gasteiger partial charge < -0.3 is 5.32 Å². The van der Waals surface area contributed by atoms with E-state index in [0.717, 1.165) is 16.8 Å². The third-order valence-corrected chi connectivity index (χ3v) is 5.52. The smallest absolute Gasteiger partial charge is 0.254 e. The zero-order valence-electron chi connectivity index (χ0n) is 15.3. The van der Waals surface area contributed by atoms with Crippen molar-refractivity contribution in [2.75, 3.05) is 16.8 Å². The Morgan fingerprint density at radius 3 is 2.63 bits per heavy atom. The van der Waals surface area contributed by atoms with E-state index >= 15 is 0 Å². The Bertz CT molecular complexity index is 912. The highest BCUT2D eigenvalue weighted by Gasteiger charge is 2.30. The lowest BCUT2D eigenvalue weighted by Gasteiger charge is -2.20. The summed E-state index contributed by atoms with van der Waals surface area (Å²) in [5, 5.41) is 3.56. The van der Waals surface area contributed by atoms with Crippen molar-refractivity contribution < 1.29 is 9.59 Å². The SMILES string of the molecule is Cc1ccc(N2C(=O)CN=C2S[C@@H](C)C(=O)Nc2cc(Cl)ccc2C)cc1. The fourth-order valence-corrected chi connectivity index (χ4v) is 3.70. The van der Waals surface area contributed by atoms with Gasteiger partial charge in [-0.25, -0.2) is 0 Å². The molecule has 0 bridgehead atoms. The first-order chi connectivity index (χ1) is 12.8. The Labute approximate surface area is 167 Å². The van der Waals surface area contributed by atoms with Crippen LogP contribution in [0.15, 0.2) is 47.5 Å². The maximum atomic E-state index is 12.6. The predicted octanol–water partition coefficient (Wildman–Crippen LogP) is 4.42. The van der Waals surface area contributed by atoms with Crippen LogP contribution in [-0.4, -0.2) is 28.8 Å². The molecule has 0 radical (unpaired) electrons. The summed E-state index contributed by atoms with van der Waals surface area (Å²) in [6.07, 6.45) is 0. The van der Waals surface area contributed by atoms with E-state index in [1.165, 1.54) is 11.8 Å². The summed E-state index contributed by atoms with van der Waals surface area (Å²) in [4.78, 5) is 30.8. The van der Waals surface area contributed by atoms with Crippen LogP contribution in [0.1, 0.15) is 18.1 Å². The number of amides is 2. The molecule has 140 valence electrons. The second kappa shape index (κ2) is 8.15. The second-order valence-electron chi connectivity index (χ2n) is 6.37. The molecule has 7 heteroatoms. The molecule has 2 aromatic carbocycles. The van der Waals surface area contributed by atoms with Gasteiger partial charge in [-0.15, -0.1) is 0 Å². The molecule has 0 saturated carbocycles. The number of hydrogen-bond acceptors (Lipinski definition) is 4. The van der Waals surface area contributed by atoms with E-state index in [2.05, 4.69) is 10.3 Å². The van der Waals surface area contributed by atoms with Crippen molar-refractivity contribution in [2.24, 2.45) is 4.99 Å².